The first-order chi connectivity index (χ1) is 10.4. The Balaban J connectivity index is 3.87. The van der Waals surface area contributed by atoms with Gasteiger partial charge in [0.05, 0.1) is 6.26 Å². The maximum atomic E-state index is 11.6. The number of nitrogens with two attached hydrogens (primary N) is 1. The molecule has 0 aliphatic heterocycles. The van der Waals surface area contributed by atoms with Crippen molar-refractivity contribution in [3.05, 3.63) is 12.3 Å². The molecule has 0 radical (unpaired) electrons. The Bertz CT molecular complexity index is 360. The van der Waals surface area contributed by atoms with Crippen LogP contribution in [0.2, 0.25) is 0 Å². The van der Waals surface area contributed by atoms with Crippen LogP contribution in [0, 0.1) is 5.92 Å². The highest BCUT2D eigenvalue weighted by atomic mass is 16.5. The number of aliphatic carboxylic acids is 1. The highest BCUT2D eigenvalue weighted by molar-refractivity contribution is 5.83. The van der Waals surface area contributed by atoms with Gasteiger partial charge in [0, 0.05) is 25.5 Å². The maximum absolute atomic E-state index is 11.6. The largest absolute Gasteiger partial charge is 0.500 e. The van der Waals surface area contributed by atoms with Gasteiger partial charge >= 0.3 is 5.97 Å². The lowest BCUT2D eigenvalue weighted by molar-refractivity contribution is -0.142. The minimum atomic E-state index is -1.15. The number of hydrogen-bond donors (Lipinski definition) is 4. The predicted molar refractivity (Wildman–Crippen MR) is 83.0 cm³/mol. The van der Waals surface area contributed by atoms with Gasteiger partial charge in [0.2, 0.25) is 5.91 Å². The number of carbonyl (C=O) groups is 2. The van der Waals surface area contributed by atoms with E-state index < -0.39 is 12.0 Å². The fraction of sp³-hybridized carbons (Fsp3) is 0.733. The zero-order valence-corrected chi connectivity index (χ0v) is 13.3. The third-order valence-corrected chi connectivity index (χ3v) is 3.45. The van der Waals surface area contributed by atoms with Crippen LogP contribution in [0.1, 0.15) is 39.5 Å². The van der Waals surface area contributed by atoms with Crippen LogP contribution in [0.15, 0.2) is 12.3 Å². The summed E-state index contributed by atoms with van der Waals surface area (Å²) in [5, 5.41) is 19.9. The van der Waals surface area contributed by atoms with E-state index in [-0.39, 0.29) is 31.4 Å². The van der Waals surface area contributed by atoms with E-state index in [2.05, 4.69) is 19.2 Å². The molecule has 0 aromatic heterocycles. The topological polar surface area (TPSA) is 122 Å². The monoisotopic (exact) mass is 316 g/mol. The lowest BCUT2D eigenvalue weighted by atomic mass is 10.0. The highest BCUT2D eigenvalue weighted by Gasteiger charge is 2.18. The first kappa shape index (κ1) is 20.4. The Morgan fingerprint density at radius 1 is 1.41 bits per heavy atom. The Morgan fingerprint density at radius 2 is 2.09 bits per heavy atom. The van der Waals surface area contributed by atoms with Crippen LogP contribution in [0.3, 0.4) is 0 Å². The van der Waals surface area contributed by atoms with E-state index in [0.29, 0.717) is 18.9 Å². The van der Waals surface area contributed by atoms with E-state index in [4.69, 9.17) is 20.7 Å². The fourth-order valence-electron chi connectivity index (χ4n) is 1.64. The molecule has 0 aromatic rings. The number of allylic oxidation sites excluding steroid dienone is 1. The van der Waals surface area contributed by atoms with Crippen molar-refractivity contribution in [3.8, 4) is 0 Å². The lowest BCUT2D eigenvalue weighted by Crippen LogP contribution is -2.41. The van der Waals surface area contributed by atoms with E-state index in [9.17, 15) is 9.59 Å². The van der Waals surface area contributed by atoms with E-state index in [0.717, 1.165) is 6.42 Å². The summed E-state index contributed by atoms with van der Waals surface area (Å²) in [6.45, 7) is 4.27. The van der Waals surface area contributed by atoms with Crippen LogP contribution >= 0.6 is 0 Å². The van der Waals surface area contributed by atoms with Crippen molar-refractivity contribution in [3.63, 3.8) is 0 Å². The van der Waals surface area contributed by atoms with Crippen molar-refractivity contribution in [2.24, 2.45) is 11.7 Å². The molecular weight excluding hydrogens is 288 g/mol. The molecule has 0 aliphatic rings. The summed E-state index contributed by atoms with van der Waals surface area (Å²) in [4.78, 5) is 22.4. The van der Waals surface area contributed by atoms with Gasteiger partial charge in [-0.05, 0) is 18.4 Å². The van der Waals surface area contributed by atoms with Crippen molar-refractivity contribution in [2.45, 2.75) is 51.6 Å². The van der Waals surface area contributed by atoms with Gasteiger partial charge in [0.1, 0.15) is 12.6 Å². The molecule has 0 aliphatic carbocycles. The summed E-state index contributed by atoms with van der Waals surface area (Å²) in [6, 6.07) is -1.07. The summed E-state index contributed by atoms with van der Waals surface area (Å²) in [5.41, 5.74) is 5.90. The van der Waals surface area contributed by atoms with Gasteiger partial charge in [0.15, 0.2) is 0 Å². The molecule has 0 fully saturated rings. The molecule has 0 saturated carbocycles. The molecule has 0 rings (SSSR count). The molecule has 22 heavy (non-hydrogen) atoms. The van der Waals surface area contributed by atoms with Crippen molar-refractivity contribution < 1.29 is 24.5 Å². The van der Waals surface area contributed by atoms with E-state index in [1.165, 1.54) is 6.26 Å². The lowest BCUT2D eigenvalue weighted by Gasteiger charge is -2.17. The maximum Gasteiger partial charge on any atom is 0.326 e. The normalized spacial score (nSPS) is 15.3. The molecule has 7 heteroatoms. The van der Waals surface area contributed by atoms with Crippen molar-refractivity contribution in [1.29, 1.82) is 0 Å². The Kier molecular flexibility index (Phi) is 11.1. The minimum absolute atomic E-state index is 0.00642. The molecule has 7 nitrogen and oxygen atoms in total. The zero-order chi connectivity index (χ0) is 17.0. The molecule has 0 spiro atoms. The number of amides is 1. The summed E-state index contributed by atoms with van der Waals surface area (Å²) in [5.74, 6) is -1.14. The van der Waals surface area contributed by atoms with Gasteiger partial charge in [-0.3, -0.25) is 4.79 Å². The molecule has 0 aromatic carbocycles. The molecule has 0 saturated heterocycles. The van der Waals surface area contributed by atoms with E-state index >= 15 is 0 Å². The second-order valence-corrected chi connectivity index (χ2v) is 5.26. The smallest absolute Gasteiger partial charge is 0.326 e. The minimum Gasteiger partial charge on any atom is -0.500 e. The number of carbonyl (C=O) groups excluding carboxylic acids is 1. The number of ether oxygens (including phenoxy) is 1. The summed E-state index contributed by atoms with van der Waals surface area (Å²) >= 11 is 0. The van der Waals surface area contributed by atoms with Gasteiger partial charge in [-0.15, -0.1) is 0 Å². The Morgan fingerprint density at radius 3 is 2.64 bits per heavy atom. The van der Waals surface area contributed by atoms with Gasteiger partial charge < -0.3 is 26.0 Å². The molecule has 1 amide bonds. The number of carboxylic acids is 1. The quantitative estimate of drug-likeness (QED) is 0.392. The van der Waals surface area contributed by atoms with Crippen molar-refractivity contribution in [1.82, 2.24) is 5.32 Å². The molecule has 0 heterocycles. The second kappa shape index (κ2) is 12.0. The van der Waals surface area contributed by atoms with Crippen molar-refractivity contribution >= 4 is 11.9 Å². The summed E-state index contributed by atoms with van der Waals surface area (Å²) in [6.07, 6.45) is 4.80. The molecule has 1 unspecified atom stereocenters. The van der Waals surface area contributed by atoms with E-state index in [1.54, 1.807) is 6.08 Å². The average Bonchev–Trinajstić information content (AvgIpc) is 2.48. The third kappa shape index (κ3) is 9.36. The van der Waals surface area contributed by atoms with Gasteiger partial charge in [-0.1, -0.05) is 20.3 Å². The van der Waals surface area contributed by atoms with Gasteiger partial charge in [0.25, 0.3) is 0 Å². The SMILES string of the molecule is CC[C@H](C)C(N)COC=CCCC(=O)N[C@@H](CCO)C(=O)O. The number of rotatable bonds is 12. The van der Waals surface area contributed by atoms with Crippen LogP contribution in [0.5, 0.6) is 0 Å². The molecular formula is C15H28N2O5. The number of hydrogen-bond acceptors (Lipinski definition) is 5. The molecule has 5 N–H and O–H groups in total. The zero-order valence-electron chi connectivity index (χ0n) is 13.3. The average molecular weight is 316 g/mol. The fourth-order valence-corrected chi connectivity index (χ4v) is 1.64. The first-order valence-electron chi connectivity index (χ1n) is 7.57. The van der Waals surface area contributed by atoms with Crippen LogP contribution in [-0.4, -0.2) is 47.4 Å². The molecule has 3 atom stereocenters. The van der Waals surface area contributed by atoms with Crippen LogP contribution in [0.25, 0.3) is 0 Å². The second-order valence-electron chi connectivity index (χ2n) is 5.26. The molecule has 0 bridgehead atoms. The van der Waals surface area contributed by atoms with Crippen LogP contribution in [0.4, 0.5) is 0 Å². The number of aliphatic hydroxyl groups excluding tert-OH is 1. The van der Waals surface area contributed by atoms with Gasteiger partial charge in [-0.25, -0.2) is 4.79 Å². The Labute approximate surface area is 131 Å². The van der Waals surface area contributed by atoms with Crippen molar-refractivity contribution in [2.75, 3.05) is 13.2 Å². The number of carboxylic acid groups (broad SMARTS) is 1. The van der Waals surface area contributed by atoms with E-state index in [1.807, 2.05) is 0 Å². The van der Waals surface area contributed by atoms with Crippen LogP contribution < -0.4 is 11.1 Å². The first-order valence-corrected chi connectivity index (χ1v) is 7.57. The third-order valence-electron chi connectivity index (χ3n) is 3.45. The highest BCUT2D eigenvalue weighted by Crippen LogP contribution is 2.05. The molecule has 128 valence electrons. The Hall–Kier alpha value is -1.60. The number of nitrogens with one attached hydrogen (secondary N) is 1. The number of aliphatic hydroxyl groups is 1. The van der Waals surface area contributed by atoms with Gasteiger partial charge in [-0.2, -0.15) is 0 Å². The summed E-state index contributed by atoms with van der Waals surface area (Å²) in [7, 11) is 0. The summed E-state index contributed by atoms with van der Waals surface area (Å²) < 4.78 is 5.29. The predicted octanol–water partition coefficient (Wildman–Crippen LogP) is 0.622. The standard InChI is InChI=1S/C15H28N2O5/c1-3-11(2)12(16)10-22-9-5-4-6-14(19)17-13(7-8-18)15(20)21/h5,9,11-13,18H,3-4,6-8,10,16H2,1-2H3,(H,17,19)(H,20,21)/t11-,12?,13-/m0/s1. The van der Waals surface area contributed by atoms with Crippen LogP contribution in [-0.2, 0) is 14.3 Å².